The average Bonchev–Trinajstić information content (AvgIpc) is 2.03. The fraction of sp³-hybridized carbons (Fsp3) is 0.571. The van der Waals surface area contributed by atoms with Gasteiger partial charge in [0.25, 0.3) is 0 Å². The summed E-state index contributed by atoms with van der Waals surface area (Å²) in [6.07, 6.45) is -1.61. The van der Waals surface area contributed by atoms with Crippen LogP contribution in [0.2, 0.25) is 0 Å². The van der Waals surface area contributed by atoms with E-state index in [4.69, 9.17) is 15.7 Å². The quantitative estimate of drug-likeness (QED) is 0.258. The molecule has 1 atom stereocenters. The van der Waals surface area contributed by atoms with E-state index in [1.165, 1.54) is 6.92 Å². The minimum atomic E-state index is -1.27. The third-order valence-electron chi connectivity index (χ3n) is 1.26. The van der Waals surface area contributed by atoms with Gasteiger partial charge < -0.3 is 20.5 Å². The van der Waals surface area contributed by atoms with E-state index >= 15 is 0 Å². The number of nitrogens with zero attached hydrogens (tertiary/aromatic N) is 2. The maximum atomic E-state index is 10.9. The number of carbonyl (C=O) groups excluding carboxylic acids is 1. The zero-order valence-corrected chi connectivity index (χ0v) is 7.51. The summed E-state index contributed by atoms with van der Waals surface area (Å²) in [5, 5.41) is 17.1. The number of ether oxygens (including phenoxy) is 1. The molecule has 0 aliphatic rings. The van der Waals surface area contributed by atoms with Crippen LogP contribution in [0.15, 0.2) is 0 Å². The molecular formula is C7H10N2O5. The lowest BCUT2D eigenvalue weighted by Crippen LogP contribution is -2.29. The first-order chi connectivity index (χ1) is 6.49. The van der Waals surface area contributed by atoms with Crippen LogP contribution < -0.4 is 0 Å². The van der Waals surface area contributed by atoms with Crippen LogP contribution in [0.5, 0.6) is 0 Å². The number of aliphatic hydroxyl groups excluding tert-OH is 1. The van der Waals surface area contributed by atoms with Crippen LogP contribution >= 0.6 is 0 Å². The first-order valence-electron chi connectivity index (χ1n) is 3.78. The van der Waals surface area contributed by atoms with Gasteiger partial charge in [-0.2, -0.15) is 4.79 Å². The molecule has 0 fully saturated rings. The van der Waals surface area contributed by atoms with Crippen molar-refractivity contribution in [3.8, 4) is 0 Å². The van der Waals surface area contributed by atoms with Gasteiger partial charge in [-0.3, -0.25) is 4.79 Å². The summed E-state index contributed by atoms with van der Waals surface area (Å²) in [6, 6.07) is 0. The molecule has 0 aliphatic carbocycles. The van der Waals surface area contributed by atoms with Gasteiger partial charge in [-0.1, -0.05) is 0 Å². The van der Waals surface area contributed by atoms with Gasteiger partial charge in [0.1, 0.15) is 6.61 Å². The highest BCUT2D eigenvalue weighted by Gasteiger charge is 2.27. The Labute approximate surface area is 79.5 Å². The molecule has 0 rings (SSSR count). The van der Waals surface area contributed by atoms with Crippen LogP contribution in [0.25, 0.3) is 5.53 Å². The molecule has 0 amide bonds. The Hall–Kier alpha value is -1.72. The van der Waals surface area contributed by atoms with E-state index in [9.17, 15) is 9.59 Å². The van der Waals surface area contributed by atoms with Gasteiger partial charge in [-0.05, 0) is 6.92 Å². The van der Waals surface area contributed by atoms with Gasteiger partial charge in [0.2, 0.25) is 0 Å². The molecule has 0 aliphatic heterocycles. The molecule has 0 saturated heterocycles. The normalized spacial score (nSPS) is 11.3. The van der Waals surface area contributed by atoms with E-state index in [1.807, 2.05) is 0 Å². The van der Waals surface area contributed by atoms with E-state index in [0.29, 0.717) is 0 Å². The largest absolute Gasteiger partial charge is 0.481 e. The third kappa shape index (κ3) is 4.34. The van der Waals surface area contributed by atoms with Crippen molar-refractivity contribution in [2.24, 2.45) is 0 Å². The number of carboxylic acids is 1. The number of carboxylic acid groups (broad SMARTS) is 1. The molecule has 0 radical (unpaired) electrons. The van der Waals surface area contributed by atoms with Gasteiger partial charge in [0.05, 0.1) is 6.42 Å². The second kappa shape index (κ2) is 5.85. The van der Waals surface area contributed by atoms with Crippen LogP contribution in [0.4, 0.5) is 0 Å². The first-order valence-corrected chi connectivity index (χ1v) is 3.78. The van der Waals surface area contributed by atoms with Crippen LogP contribution in [0, 0.1) is 0 Å². The molecule has 0 aromatic heterocycles. The highest BCUT2D eigenvalue weighted by atomic mass is 16.5. The Morgan fingerprint density at radius 2 is 2.14 bits per heavy atom. The SMILES string of the molecule is CC(O)C(=[N+]=[N-])C(=O)OCCC(=O)O. The fourth-order valence-electron chi connectivity index (χ4n) is 0.600. The summed E-state index contributed by atoms with van der Waals surface area (Å²) in [6.45, 7) is 0.882. The lowest BCUT2D eigenvalue weighted by molar-refractivity contribution is -0.145. The van der Waals surface area contributed by atoms with Crippen LogP contribution in [0.3, 0.4) is 0 Å². The number of esters is 1. The van der Waals surface area contributed by atoms with Crippen molar-refractivity contribution < 1.29 is 29.3 Å². The maximum absolute atomic E-state index is 10.9. The second-order valence-corrected chi connectivity index (χ2v) is 2.44. The van der Waals surface area contributed by atoms with Gasteiger partial charge in [0, 0.05) is 0 Å². The predicted molar refractivity (Wildman–Crippen MR) is 43.5 cm³/mol. The fourth-order valence-corrected chi connectivity index (χ4v) is 0.600. The zero-order chi connectivity index (χ0) is 11.1. The lowest BCUT2D eigenvalue weighted by Gasteiger charge is -2.00. The molecule has 0 aromatic rings. The smallest absolute Gasteiger partial charge is 0.419 e. The molecule has 0 heterocycles. The summed E-state index contributed by atoms with van der Waals surface area (Å²) in [5.41, 5.74) is 7.73. The molecule has 7 nitrogen and oxygen atoms in total. The van der Waals surface area contributed by atoms with Crippen molar-refractivity contribution in [2.45, 2.75) is 19.4 Å². The first kappa shape index (κ1) is 12.3. The number of aliphatic carboxylic acids is 1. The zero-order valence-electron chi connectivity index (χ0n) is 7.51. The summed E-state index contributed by atoms with van der Waals surface area (Å²) >= 11 is 0. The minimum Gasteiger partial charge on any atom is -0.481 e. The maximum Gasteiger partial charge on any atom is 0.419 e. The molecule has 0 aromatic carbocycles. The van der Waals surface area contributed by atoms with Crippen molar-refractivity contribution in [3.05, 3.63) is 5.53 Å². The van der Waals surface area contributed by atoms with E-state index in [2.05, 4.69) is 9.53 Å². The Morgan fingerprint density at radius 3 is 2.50 bits per heavy atom. The topological polar surface area (TPSA) is 120 Å². The van der Waals surface area contributed by atoms with Crippen LogP contribution in [-0.4, -0.2) is 45.4 Å². The van der Waals surface area contributed by atoms with Gasteiger partial charge in [-0.25, -0.2) is 4.79 Å². The number of carbonyl (C=O) groups is 2. The average molecular weight is 202 g/mol. The summed E-state index contributed by atoms with van der Waals surface area (Å²) < 4.78 is 4.40. The molecule has 2 N–H and O–H groups in total. The van der Waals surface area contributed by atoms with Crippen LogP contribution in [-0.2, 0) is 14.3 Å². The summed E-state index contributed by atoms with van der Waals surface area (Å²) in [7, 11) is 0. The Kier molecular flexibility index (Phi) is 5.13. The highest BCUT2D eigenvalue weighted by molar-refractivity contribution is 6.35. The van der Waals surface area contributed by atoms with Crippen molar-refractivity contribution in [3.63, 3.8) is 0 Å². The number of hydrogen-bond acceptors (Lipinski definition) is 4. The Morgan fingerprint density at radius 1 is 1.57 bits per heavy atom. The Balaban J connectivity index is 4.08. The Bertz CT molecular complexity index is 280. The predicted octanol–water partition coefficient (Wildman–Crippen LogP) is -0.944. The van der Waals surface area contributed by atoms with E-state index in [0.717, 1.165) is 0 Å². The van der Waals surface area contributed by atoms with Crippen molar-refractivity contribution in [1.29, 1.82) is 0 Å². The summed E-state index contributed by atoms with van der Waals surface area (Å²) in [5.74, 6) is -2.15. The van der Waals surface area contributed by atoms with Gasteiger partial charge in [0.15, 0.2) is 6.10 Å². The standard InChI is InChI=1S/C7H10N2O5/c1-4(10)6(9-8)7(13)14-3-2-5(11)12/h4,10H,2-3H2,1H3,(H,11,12). The molecule has 1 unspecified atom stereocenters. The second-order valence-electron chi connectivity index (χ2n) is 2.44. The monoisotopic (exact) mass is 202 g/mol. The third-order valence-corrected chi connectivity index (χ3v) is 1.26. The van der Waals surface area contributed by atoms with E-state index in [-0.39, 0.29) is 13.0 Å². The molecule has 14 heavy (non-hydrogen) atoms. The number of rotatable bonds is 5. The highest BCUT2D eigenvalue weighted by Crippen LogP contribution is 1.90. The number of hydrogen-bond donors (Lipinski definition) is 2. The van der Waals surface area contributed by atoms with E-state index in [1.54, 1.807) is 0 Å². The van der Waals surface area contributed by atoms with E-state index < -0.39 is 23.8 Å². The lowest BCUT2D eigenvalue weighted by atomic mass is 10.2. The molecule has 7 heteroatoms. The van der Waals surface area contributed by atoms with Crippen LogP contribution in [0.1, 0.15) is 13.3 Å². The van der Waals surface area contributed by atoms with Gasteiger partial charge in [-0.15, -0.1) is 0 Å². The molecular weight excluding hydrogens is 192 g/mol. The summed E-state index contributed by atoms with van der Waals surface area (Å²) in [4.78, 5) is 23.5. The van der Waals surface area contributed by atoms with Crippen molar-refractivity contribution in [2.75, 3.05) is 6.61 Å². The number of aliphatic hydroxyl groups is 1. The van der Waals surface area contributed by atoms with Crippen molar-refractivity contribution in [1.82, 2.24) is 0 Å². The molecule has 0 spiro atoms. The molecule has 78 valence electrons. The minimum absolute atomic E-state index is 0.333. The molecule has 0 bridgehead atoms. The van der Waals surface area contributed by atoms with Gasteiger partial charge >= 0.3 is 17.7 Å². The molecule has 0 saturated carbocycles. The van der Waals surface area contributed by atoms with Crippen molar-refractivity contribution >= 4 is 17.7 Å².